The van der Waals surface area contributed by atoms with Crippen molar-refractivity contribution in [1.29, 1.82) is 5.26 Å². The zero-order valence-electron chi connectivity index (χ0n) is 21.4. The fraction of sp³-hybridized carbons (Fsp3) is 0.360. The minimum absolute atomic E-state index is 0.0415. The summed E-state index contributed by atoms with van der Waals surface area (Å²) in [6, 6.07) is 9.12. The SMILES string of the molecule is COc1cc2c(cc1-c1nnn(C)n1)-c1c(-c3cccs3)nc(C(=O)N(C)[C@](C)(C#N)CC(F)(F)F)n1CC2. The highest BCUT2D eigenvalue weighted by Crippen LogP contribution is 2.44. The molecule has 14 heteroatoms. The van der Waals surface area contributed by atoms with E-state index in [0.717, 1.165) is 27.8 Å². The molecule has 1 aliphatic rings. The van der Waals surface area contributed by atoms with Gasteiger partial charge in [0.15, 0.2) is 5.82 Å². The van der Waals surface area contributed by atoms with Crippen LogP contribution < -0.4 is 4.74 Å². The summed E-state index contributed by atoms with van der Waals surface area (Å²) in [5.74, 6) is 0.0834. The second-order valence-corrected chi connectivity index (χ2v) is 10.3. The quantitative estimate of drug-likeness (QED) is 0.347. The summed E-state index contributed by atoms with van der Waals surface area (Å²) in [5.41, 5.74) is 1.33. The summed E-state index contributed by atoms with van der Waals surface area (Å²) in [6.07, 6.45) is -5.60. The van der Waals surface area contributed by atoms with Gasteiger partial charge in [0.25, 0.3) is 5.91 Å². The van der Waals surface area contributed by atoms with Crippen LogP contribution in [0.15, 0.2) is 29.6 Å². The predicted molar refractivity (Wildman–Crippen MR) is 136 cm³/mol. The van der Waals surface area contributed by atoms with E-state index in [2.05, 4.69) is 20.4 Å². The van der Waals surface area contributed by atoms with Crippen molar-refractivity contribution < 1.29 is 22.7 Å². The molecular weight excluding hydrogens is 533 g/mol. The molecule has 0 spiro atoms. The Labute approximate surface area is 225 Å². The number of aromatic nitrogens is 6. The topological polar surface area (TPSA) is 115 Å². The van der Waals surface area contributed by atoms with Crippen LogP contribution in [0.2, 0.25) is 0 Å². The number of hydrogen-bond acceptors (Lipinski definition) is 8. The summed E-state index contributed by atoms with van der Waals surface area (Å²) in [7, 11) is 4.39. The zero-order valence-corrected chi connectivity index (χ0v) is 22.3. The van der Waals surface area contributed by atoms with Crippen molar-refractivity contribution in [2.24, 2.45) is 7.05 Å². The number of nitriles is 1. The van der Waals surface area contributed by atoms with E-state index in [4.69, 9.17) is 4.74 Å². The van der Waals surface area contributed by atoms with Gasteiger partial charge in [0.05, 0.1) is 42.8 Å². The van der Waals surface area contributed by atoms with E-state index in [1.54, 1.807) is 24.8 Å². The van der Waals surface area contributed by atoms with Gasteiger partial charge >= 0.3 is 6.18 Å². The Balaban J connectivity index is 1.69. The van der Waals surface area contributed by atoms with Gasteiger partial charge in [-0.05, 0) is 47.7 Å². The Morgan fingerprint density at radius 3 is 2.67 bits per heavy atom. The monoisotopic (exact) mass is 556 g/mol. The molecule has 0 radical (unpaired) electrons. The van der Waals surface area contributed by atoms with Crippen LogP contribution in [0.5, 0.6) is 5.75 Å². The number of halogens is 3. The minimum atomic E-state index is -4.64. The standard InChI is InChI=1S/C25H23F3N8O2S/c1-24(13-29,12-25(26,27)28)34(2)23(37)22-30-19(18-6-5-9-39-18)20-15-11-16(21-31-33-35(3)32-21)17(38-4)10-14(15)7-8-36(20)22/h5-6,9-11H,7-8,12H2,1-4H3/t24-/m0/s1. The van der Waals surface area contributed by atoms with E-state index < -0.39 is 24.0 Å². The van der Waals surface area contributed by atoms with Crippen molar-refractivity contribution in [3.05, 3.63) is 41.0 Å². The summed E-state index contributed by atoms with van der Waals surface area (Å²) < 4.78 is 47.2. The second-order valence-electron chi connectivity index (χ2n) is 9.37. The third-order valence-corrected chi connectivity index (χ3v) is 7.65. The molecule has 0 bridgehead atoms. The van der Waals surface area contributed by atoms with E-state index in [-0.39, 0.29) is 5.82 Å². The molecule has 0 aliphatic carbocycles. The number of methoxy groups -OCH3 is 1. The lowest BCUT2D eigenvalue weighted by atomic mass is 9.93. The highest BCUT2D eigenvalue weighted by Gasteiger charge is 2.45. The lowest BCUT2D eigenvalue weighted by Gasteiger charge is -2.33. The number of rotatable bonds is 6. The summed E-state index contributed by atoms with van der Waals surface area (Å²) >= 11 is 1.42. The first-order valence-corrected chi connectivity index (χ1v) is 12.7. The van der Waals surface area contributed by atoms with E-state index in [9.17, 15) is 23.2 Å². The third-order valence-electron chi connectivity index (χ3n) is 6.78. The van der Waals surface area contributed by atoms with E-state index in [1.807, 2.05) is 29.6 Å². The number of thiophene rings is 1. The van der Waals surface area contributed by atoms with Crippen molar-refractivity contribution in [3.63, 3.8) is 0 Å². The second kappa shape index (κ2) is 9.49. The first-order valence-electron chi connectivity index (χ1n) is 11.8. The summed E-state index contributed by atoms with van der Waals surface area (Å²) in [5, 5.41) is 23.8. The van der Waals surface area contributed by atoms with Gasteiger partial charge in [-0.25, -0.2) is 4.98 Å². The number of hydrogen-bond donors (Lipinski definition) is 0. The maximum atomic E-state index is 13.7. The van der Waals surface area contributed by atoms with Gasteiger partial charge in [-0.3, -0.25) is 4.79 Å². The highest BCUT2D eigenvalue weighted by molar-refractivity contribution is 7.13. The molecule has 1 aromatic carbocycles. The smallest absolute Gasteiger partial charge is 0.392 e. The first-order chi connectivity index (χ1) is 18.5. The van der Waals surface area contributed by atoms with Crippen LogP contribution in [0.4, 0.5) is 13.2 Å². The fourth-order valence-electron chi connectivity index (χ4n) is 4.71. The summed E-state index contributed by atoms with van der Waals surface area (Å²) in [4.78, 5) is 21.3. The number of alkyl halides is 3. The molecule has 1 atom stereocenters. The molecule has 1 aliphatic heterocycles. The van der Waals surface area contributed by atoms with Crippen LogP contribution in [0.25, 0.3) is 33.2 Å². The van der Waals surface area contributed by atoms with Gasteiger partial charge in [-0.15, -0.1) is 21.5 Å². The van der Waals surface area contributed by atoms with Gasteiger partial charge in [0.2, 0.25) is 5.82 Å². The van der Waals surface area contributed by atoms with Crippen LogP contribution in [0.3, 0.4) is 0 Å². The van der Waals surface area contributed by atoms with Gasteiger partial charge in [-0.1, -0.05) is 6.07 Å². The molecule has 3 aromatic heterocycles. The number of carbonyl (C=O) groups excluding carboxylic acids is 1. The number of imidazole rings is 1. The number of ether oxygens (including phenoxy) is 1. The Hall–Kier alpha value is -4.25. The number of fused-ring (bicyclic) bond motifs is 3. The molecule has 0 saturated heterocycles. The van der Waals surface area contributed by atoms with Gasteiger partial charge in [0, 0.05) is 19.2 Å². The molecule has 4 heterocycles. The number of benzene rings is 1. The van der Waals surface area contributed by atoms with Crippen LogP contribution in [0.1, 0.15) is 29.5 Å². The lowest BCUT2D eigenvalue weighted by Crippen LogP contribution is -2.49. The molecule has 202 valence electrons. The van der Waals surface area contributed by atoms with Crippen molar-refractivity contribution in [2.75, 3.05) is 14.2 Å². The number of nitrogens with zero attached hydrogens (tertiary/aromatic N) is 8. The Morgan fingerprint density at radius 1 is 1.31 bits per heavy atom. The Kier molecular flexibility index (Phi) is 6.42. The minimum Gasteiger partial charge on any atom is -0.496 e. The average molecular weight is 557 g/mol. The van der Waals surface area contributed by atoms with Gasteiger partial charge in [0.1, 0.15) is 17.0 Å². The zero-order chi connectivity index (χ0) is 28.1. The lowest BCUT2D eigenvalue weighted by molar-refractivity contribution is -0.150. The molecule has 0 fully saturated rings. The van der Waals surface area contributed by atoms with E-state index in [1.165, 1.54) is 23.2 Å². The normalized spacial score (nSPS) is 14.2. The van der Waals surface area contributed by atoms with Crippen LogP contribution in [-0.4, -0.2) is 66.4 Å². The van der Waals surface area contributed by atoms with Crippen molar-refractivity contribution >= 4 is 17.2 Å². The predicted octanol–water partition coefficient (Wildman–Crippen LogP) is 4.34. The number of amides is 1. The first kappa shape index (κ1) is 26.4. The number of aryl methyl sites for hydroxylation is 2. The summed E-state index contributed by atoms with van der Waals surface area (Å²) in [6.45, 7) is 1.45. The molecular formula is C25H23F3N8O2S. The Morgan fingerprint density at radius 2 is 2.08 bits per heavy atom. The van der Waals surface area contributed by atoms with E-state index >= 15 is 0 Å². The van der Waals surface area contributed by atoms with Gasteiger partial charge < -0.3 is 14.2 Å². The van der Waals surface area contributed by atoms with Crippen LogP contribution >= 0.6 is 11.3 Å². The molecule has 4 aromatic rings. The third kappa shape index (κ3) is 4.63. The number of carbonyl (C=O) groups is 1. The van der Waals surface area contributed by atoms with Gasteiger partial charge in [-0.2, -0.15) is 23.2 Å². The molecule has 0 unspecified atom stereocenters. The molecule has 39 heavy (non-hydrogen) atoms. The Bertz CT molecular complexity index is 1600. The van der Waals surface area contributed by atoms with Crippen molar-refractivity contribution in [3.8, 4) is 45.0 Å². The molecule has 10 nitrogen and oxygen atoms in total. The average Bonchev–Trinajstić information content (AvgIpc) is 3.65. The maximum Gasteiger partial charge on any atom is 0.392 e. The largest absolute Gasteiger partial charge is 0.496 e. The highest BCUT2D eigenvalue weighted by atomic mass is 32.1. The maximum absolute atomic E-state index is 13.7. The molecule has 5 rings (SSSR count). The van der Waals surface area contributed by atoms with Crippen molar-refractivity contribution in [2.45, 2.75) is 38.0 Å². The van der Waals surface area contributed by atoms with E-state index in [0.29, 0.717) is 41.5 Å². The fourth-order valence-corrected chi connectivity index (χ4v) is 5.42. The molecule has 1 amide bonds. The van der Waals surface area contributed by atoms with Crippen molar-refractivity contribution in [1.82, 2.24) is 34.7 Å². The number of tetrazole rings is 1. The van der Waals surface area contributed by atoms with Crippen LogP contribution in [-0.2, 0) is 20.0 Å². The molecule has 0 N–H and O–H groups in total. The van der Waals surface area contributed by atoms with Crippen LogP contribution in [0, 0.1) is 11.3 Å². The molecule has 0 saturated carbocycles.